The highest BCUT2D eigenvalue weighted by Gasteiger charge is 1.92. The zero-order valence-corrected chi connectivity index (χ0v) is 11.9. The van der Waals surface area contributed by atoms with Gasteiger partial charge in [-0.15, -0.1) is 34.0 Å². The molecule has 2 aliphatic heterocycles. The lowest BCUT2D eigenvalue weighted by atomic mass is 10.4. The van der Waals surface area contributed by atoms with Crippen molar-refractivity contribution < 1.29 is 0 Å². The second kappa shape index (κ2) is 13.8. The first-order chi connectivity index (χ1) is 6.00. The molecule has 0 amide bonds. The van der Waals surface area contributed by atoms with Crippen LogP contribution in [0.25, 0.3) is 0 Å². The molecule has 4 nitrogen and oxygen atoms in total. The monoisotopic (exact) mass is 332 g/mol. The molecule has 2 heterocycles. The summed E-state index contributed by atoms with van der Waals surface area (Å²) in [6, 6.07) is 0. The quantitative estimate of drug-likeness (QED) is 0.483. The molecule has 88 valence electrons. The predicted molar refractivity (Wildman–Crippen MR) is 72.1 cm³/mol. The maximum absolute atomic E-state index is 3.22. The van der Waals surface area contributed by atoms with Gasteiger partial charge < -0.3 is 21.3 Å². The standard InChI is InChI=1S/2C4H10N2.2BrH/c2*1-2-6-4-3-5-1;;/h2*5-6H,1-4H2;2*1H. The fourth-order valence-electron chi connectivity index (χ4n) is 1.21. The van der Waals surface area contributed by atoms with Gasteiger partial charge in [0.15, 0.2) is 0 Å². The van der Waals surface area contributed by atoms with Gasteiger partial charge in [0, 0.05) is 52.4 Å². The summed E-state index contributed by atoms with van der Waals surface area (Å²) in [5.41, 5.74) is 0. The Labute approximate surface area is 108 Å². The molecular formula is C8H22Br2N4. The molecule has 2 fully saturated rings. The molecule has 0 spiro atoms. The van der Waals surface area contributed by atoms with Crippen molar-refractivity contribution >= 4 is 34.0 Å². The first kappa shape index (κ1) is 17.2. The van der Waals surface area contributed by atoms with Gasteiger partial charge in [-0.1, -0.05) is 0 Å². The van der Waals surface area contributed by atoms with E-state index in [-0.39, 0.29) is 34.0 Å². The van der Waals surface area contributed by atoms with Crippen molar-refractivity contribution in [2.75, 3.05) is 52.4 Å². The Hall–Kier alpha value is 0.800. The average molecular weight is 334 g/mol. The van der Waals surface area contributed by atoms with Crippen LogP contribution >= 0.6 is 34.0 Å². The van der Waals surface area contributed by atoms with Crippen molar-refractivity contribution in [2.24, 2.45) is 0 Å². The van der Waals surface area contributed by atoms with Gasteiger partial charge in [0.2, 0.25) is 0 Å². The minimum atomic E-state index is 0. The summed E-state index contributed by atoms with van der Waals surface area (Å²) in [7, 11) is 0. The van der Waals surface area contributed by atoms with Crippen LogP contribution in [0.2, 0.25) is 0 Å². The lowest BCUT2D eigenvalue weighted by Crippen LogP contribution is -2.39. The van der Waals surface area contributed by atoms with Gasteiger partial charge in [-0.25, -0.2) is 0 Å². The van der Waals surface area contributed by atoms with Crippen LogP contribution in [0.5, 0.6) is 0 Å². The Morgan fingerprint density at radius 1 is 0.357 bits per heavy atom. The first-order valence-electron chi connectivity index (χ1n) is 4.83. The highest BCUT2D eigenvalue weighted by atomic mass is 79.9. The molecule has 14 heavy (non-hydrogen) atoms. The molecule has 0 bridgehead atoms. The molecule has 0 aromatic rings. The van der Waals surface area contributed by atoms with Crippen LogP contribution in [0.3, 0.4) is 0 Å². The highest BCUT2D eigenvalue weighted by Crippen LogP contribution is 1.65. The van der Waals surface area contributed by atoms with Crippen molar-refractivity contribution in [1.29, 1.82) is 0 Å². The highest BCUT2D eigenvalue weighted by molar-refractivity contribution is 8.93. The minimum Gasteiger partial charge on any atom is -0.314 e. The molecule has 0 aliphatic carbocycles. The maximum Gasteiger partial charge on any atom is 0.00772 e. The second-order valence-electron chi connectivity index (χ2n) is 3.00. The van der Waals surface area contributed by atoms with Crippen LogP contribution in [0.1, 0.15) is 0 Å². The number of rotatable bonds is 0. The van der Waals surface area contributed by atoms with Gasteiger partial charge in [-0.05, 0) is 0 Å². The SMILES string of the molecule is Br.Br.C1CNCCN1.C1CNCCN1. The molecular weight excluding hydrogens is 312 g/mol. The summed E-state index contributed by atoms with van der Waals surface area (Å²) in [5.74, 6) is 0. The van der Waals surface area contributed by atoms with Gasteiger partial charge in [-0.2, -0.15) is 0 Å². The van der Waals surface area contributed by atoms with E-state index in [1.807, 2.05) is 0 Å². The number of hydrogen-bond donors (Lipinski definition) is 4. The molecule has 0 aromatic carbocycles. The topological polar surface area (TPSA) is 48.1 Å². The Bertz CT molecular complexity index is 62.3. The molecule has 6 heteroatoms. The number of piperazine rings is 2. The van der Waals surface area contributed by atoms with Crippen molar-refractivity contribution in [2.45, 2.75) is 0 Å². The summed E-state index contributed by atoms with van der Waals surface area (Å²) in [6.45, 7) is 9.11. The Balaban J connectivity index is 0. The molecule has 2 aliphatic rings. The molecule has 0 saturated carbocycles. The number of nitrogens with one attached hydrogen (secondary N) is 4. The third kappa shape index (κ3) is 10.9. The second-order valence-corrected chi connectivity index (χ2v) is 3.00. The van der Waals surface area contributed by atoms with Gasteiger partial charge >= 0.3 is 0 Å². The van der Waals surface area contributed by atoms with Gasteiger partial charge in [0.25, 0.3) is 0 Å². The van der Waals surface area contributed by atoms with Crippen LogP contribution in [0.4, 0.5) is 0 Å². The maximum atomic E-state index is 3.22. The Morgan fingerprint density at radius 3 is 0.571 bits per heavy atom. The molecule has 0 aromatic heterocycles. The van der Waals surface area contributed by atoms with E-state index in [4.69, 9.17) is 0 Å². The van der Waals surface area contributed by atoms with Gasteiger partial charge in [-0.3, -0.25) is 0 Å². The normalized spacial score (nSPS) is 20.6. The Kier molecular flexibility index (Phi) is 17.0. The predicted octanol–water partition coefficient (Wildman–Crippen LogP) is -0.486. The van der Waals surface area contributed by atoms with E-state index in [1.165, 1.54) is 0 Å². The molecule has 4 N–H and O–H groups in total. The molecule has 2 saturated heterocycles. The lowest BCUT2D eigenvalue weighted by molar-refractivity contribution is 0.534. The summed E-state index contributed by atoms with van der Waals surface area (Å²) < 4.78 is 0. The van der Waals surface area contributed by atoms with Crippen molar-refractivity contribution in [3.63, 3.8) is 0 Å². The van der Waals surface area contributed by atoms with Gasteiger partial charge in [0.05, 0.1) is 0 Å². The summed E-state index contributed by atoms with van der Waals surface area (Å²) in [4.78, 5) is 0. The van der Waals surface area contributed by atoms with E-state index in [0.717, 1.165) is 52.4 Å². The van der Waals surface area contributed by atoms with E-state index >= 15 is 0 Å². The van der Waals surface area contributed by atoms with Gasteiger partial charge in [0.1, 0.15) is 0 Å². The molecule has 2 rings (SSSR count). The smallest absolute Gasteiger partial charge is 0.00772 e. The van der Waals surface area contributed by atoms with E-state index in [2.05, 4.69) is 21.3 Å². The summed E-state index contributed by atoms with van der Waals surface area (Å²) in [5, 5.41) is 12.9. The summed E-state index contributed by atoms with van der Waals surface area (Å²) in [6.07, 6.45) is 0. The van der Waals surface area contributed by atoms with Crippen molar-refractivity contribution in [1.82, 2.24) is 21.3 Å². The van der Waals surface area contributed by atoms with Crippen LogP contribution in [-0.4, -0.2) is 52.4 Å². The van der Waals surface area contributed by atoms with Crippen molar-refractivity contribution in [3.05, 3.63) is 0 Å². The minimum absolute atomic E-state index is 0. The van der Waals surface area contributed by atoms with Crippen LogP contribution in [0.15, 0.2) is 0 Å². The fourth-order valence-corrected chi connectivity index (χ4v) is 1.21. The molecule has 0 radical (unpaired) electrons. The third-order valence-electron chi connectivity index (χ3n) is 1.91. The van der Waals surface area contributed by atoms with Crippen LogP contribution in [-0.2, 0) is 0 Å². The third-order valence-corrected chi connectivity index (χ3v) is 1.91. The summed E-state index contributed by atoms with van der Waals surface area (Å²) >= 11 is 0. The van der Waals surface area contributed by atoms with E-state index in [1.54, 1.807) is 0 Å². The molecule has 0 atom stereocenters. The largest absolute Gasteiger partial charge is 0.314 e. The number of hydrogen-bond acceptors (Lipinski definition) is 4. The number of halogens is 2. The molecule has 0 unspecified atom stereocenters. The van der Waals surface area contributed by atoms with Crippen LogP contribution in [0, 0.1) is 0 Å². The van der Waals surface area contributed by atoms with E-state index < -0.39 is 0 Å². The van der Waals surface area contributed by atoms with Crippen LogP contribution < -0.4 is 21.3 Å². The average Bonchev–Trinajstić information content (AvgIpc) is 2.24. The Morgan fingerprint density at radius 2 is 0.500 bits per heavy atom. The first-order valence-corrected chi connectivity index (χ1v) is 4.83. The lowest BCUT2D eigenvalue weighted by Gasteiger charge is -2.11. The van der Waals surface area contributed by atoms with E-state index in [0.29, 0.717) is 0 Å². The zero-order chi connectivity index (χ0) is 8.49. The van der Waals surface area contributed by atoms with E-state index in [9.17, 15) is 0 Å². The van der Waals surface area contributed by atoms with Crippen molar-refractivity contribution in [3.8, 4) is 0 Å². The zero-order valence-electron chi connectivity index (χ0n) is 8.47. The fraction of sp³-hybridized carbons (Fsp3) is 1.00.